The second kappa shape index (κ2) is 8.84. The molecule has 0 bridgehead atoms. The zero-order chi connectivity index (χ0) is 21.1. The highest BCUT2D eigenvalue weighted by molar-refractivity contribution is 5.75. The molecule has 1 atom stereocenters. The van der Waals surface area contributed by atoms with Crippen LogP contribution in [-0.4, -0.2) is 59.5 Å². The summed E-state index contributed by atoms with van der Waals surface area (Å²) in [5, 5.41) is 13.5. The molecule has 1 fully saturated rings. The minimum Gasteiger partial charge on any atom is -0.481 e. The summed E-state index contributed by atoms with van der Waals surface area (Å²) in [6.07, 6.45) is 1.52. The molecule has 1 aliphatic rings. The first-order chi connectivity index (χ1) is 13.0. The second-order valence-corrected chi connectivity index (χ2v) is 8.94. The SMILES string of the molecule is CC(C)C(C(=O)O)c1cc(N(C)CC2CCN(C(=O)OC(C)(C)C)CC2)no1. The first-order valence-electron chi connectivity index (χ1n) is 9.86. The molecule has 0 spiro atoms. The van der Waals surface area contributed by atoms with Gasteiger partial charge in [0.05, 0.1) is 0 Å². The molecule has 0 radical (unpaired) electrons. The molecule has 1 amide bonds. The van der Waals surface area contributed by atoms with Crippen molar-refractivity contribution in [2.45, 2.75) is 59.0 Å². The number of nitrogens with zero attached hydrogens (tertiary/aromatic N) is 3. The van der Waals surface area contributed by atoms with Crippen molar-refractivity contribution in [2.75, 3.05) is 31.6 Å². The first-order valence-corrected chi connectivity index (χ1v) is 9.86. The fraction of sp³-hybridized carbons (Fsp3) is 0.750. The minimum absolute atomic E-state index is 0.0826. The first kappa shape index (κ1) is 22.0. The van der Waals surface area contributed by atoms with Crippen molar-refractivity contribution in [1.82, 2.24) is 10.1 Å². The lowest BCUT2D eigenvalue weighted by Crippen LogP contribution is -2.43. The molecule has 1 aromatic rings. The van der Waals surface area contributed by atoms with Gasteiger partial charge in [0.15, 0.2) is 11.6 Å². The standard InChI is InChI=1S/C20H33N3O5/c1-13(2)17(18(24)25)15-11-16(21-28-15)22(6)12-14-7-9-23(10-8-14)19(26)27-20(3,4)5/h11,13-14,17H,7-10,12H2,1-6H3,(H,24,25). The summed E-state index contributed by atoms with van der Waals surface area (Å²) >= 11 is 0. The van der Waals surface area contributed by atoms with E-state index in [-0.39, 0.29) is 12.0 Å². The van der Waals surface area contributed by atoms with Crippen molar-refractivity contribution in [1.29, 1.82) is 0 Å². The number of rotatable bonds is 6. The summed E-state index contributed by atoms with van der Waals surface area (Å²) in [5.74, 6) is -0.257. The normalized spacial score (nSPS) is 16.9. The fourth-order valence-electron chi connectivity index (χ4n) is 3.45. The van der Waals surface area contributed by atoms with Gasteiger partial charge in [0.2, 0.25) is 0 Å². The lowest BCUT2D eigenvalue weighted by Gasteiger charge is -2.34. The molecule has 1 saturated heterocycles. The molecule has 8 nitrogen and oxygen atoms in total. The molecule has 1 unspecified atom stereocenters. The number of aromatic nitrogens is 1. The lowest BCUT2D eigenvalue weighted by atomic mass is 9.93. The van der Waals surface area contributed by atoms with E-state index in [9.17, 15) is 14.7 Å². The van der Waals surface area contributed by atoms with Crippen LogP contribution < -0.4 is 4.90 Å². The maximum atomic E-state index is 12.2. The maximum Gasteiger partial charge on any atom is 0.410 e. The van der Waals surface area contributed by atoms with Crippen molar-refractivity contribution in [3.05, 3.63) is 11.8 Å². The molecule has 2 rings (SSSR count). The Labute approximate surface area is 166 Å². The molecule has 28 heavy (non-hydrogen) atoms. The quantitative estimate of drug-likeness (QED) is 0.786. The summed E-state index contributed by atoms with van der Waals surface area (Å²) in [6, 6.07) is 1.72. The number of ether oxygens (including phenoxy) is 1. The third-order valence-electron chi connectivity index (χ3n) is 4.94. The second-order valence-electron chi connectivity index (χ2n) is 8.94. The van der Waals surface area contributed by atoms with Crippen LogP contribution in [0.5, 0.6) is 0 Å². The number of anilines is 1. The van der Waals surface area contributed by atoms with E-state index in [4.69, 9.17) is 9.26 Å². The highest BCUT2D eigenvalue weighted by Gasteiger charge is 2.30. The third kappa shape index (κ3) is 5.87. The van der Waals surface area contributed by atoms with E-state index >= 15 is 0 Å². The summed E-state index contributed by atoms with van der Waals surface area (Å²) in [5.41, 5.74) is -0.484. The van der Waals surface area contributed by atoms with Gasteiger partial charge in [-0.1, -0.05) is 19.0 Å². The van der Waals surface area contributed by atoms with Crippen LogP contribution in [0.4, 0.5) is 10.6 Å². The van der Waals surface area contributed by atoms with E-state index in [1.54, 1.807) is 11.0 Å². The average molecular weight is 396 g/mol. The number of hydrogen-bond donors (Lipinski definition) is 1. The van der Waals surface area contributed by atoms with Crippen molar-refractivity contribution in [3.8, 4) is 0 Å². The number of hydrogen-bond acceptors (Lipinski definition) is 6. The number of carboxylic acids is 1. The lowest BCUT2D eigenvalue weighted by molar-refractivity contribution is -0.140. The summed E-state index contributed by atoms with van der Waals surface area (Å²) in [6.45, 7) is 11.4. The molecule has 0 aliphatic carbocycles. The van der Waals surface area contributed by atoms with Crippen LogP contribution in [0.15, 0.2) is 10.6 Å². The van der Waals surface area contributed by atoms with Gasteiger partial charge in [0, 0.05) is 32.7 Å². The van der Waals surface area contributed by atoms with Gasteiger partial charge in [-0.3, -0.25) is 4.79 Å². The van der Waals surface area contributed by atoms with Gasteiger partial charge < -0.3 is 24.2 Å². The Morgan fingerprint density at radius 1 is 1.36 bits per heavy atom. The fourth-order valence-corrected chi connectivity index (χ4v) is 3.45. The van der Waals surface area contributed by atoms with Gasteiger partial charge in [-0.15, -0.1) is 0 Å². The maximum absolute atomic E-state index is 12.2. The van der Waals surface area contributed by atoms with E-state index in [0.717, 1.165) is 19.4 Å². The summed E-state index contributed by atoms with van der Waals surface area (Å²) in [4.78, 5) is 27.4. The van der Waals surface area contributed by atoms with Crippen LogP contribution in [-0.2, 0) is 9.53 Å². The highest BCUT2D eigenvalue weighted by Crippen LogP contribution is 2.28. The molecule has 0 saturated carbocycles. The van der Waals surface area contributed by atoms with E-state index in [2.05, 4.69) is 5.16 Å². The van der Waals surface area contributed by atoms with Gasteiger partial charge in [-0.2, -0.15) is 0 Å². The van der Waals surface area contributed by atoms with Crippen molar-refractivity contribution >= 4 is 17.9 Å². The van der Waals surface area contributed by atoms with Crippen LogP contribution >= 0.6 is 0 Å². The Hall–Kier alpha value is -2.25. The van der Waals surface area contributed by atoms with Crippen molar-refractivity contribution < 1.29 is 24.0 Å². The molecule has 1 aromatic heterocycles. The van der Waals surface area contributed by atoms with E-state index in [1.165, 1.54) is 0 Å². The monoisotopic (exact) mass is 395 g/mol. The molecule has 8 heteroatoms. The number of carbonyl (C=O) groups excluding carboxylic acids is 1. The number of amides is 1. The predicted molar refractivity (Wildman–Crippen MR) is 106 cm³/mol. The molecule has 158 valence electrons. The van der Waals surface area contributed by atoms with Gasteiger partial charge >= 0.3 is 12.1 Å². The van der Waals surface area contributed by atoms with Crippen LogP contribution in [0.1, 0.15) is 59.1 Å². The van der Waals surface area contributed by atoms with Crippen molar-refractivity contribution in [2.24, 2.45) is 11.8 Å². The topological polar surface area (TPSA) is 96.1 Å². The van der Waals surface area contributed by atoms with Gasteiger partial charge in [-0.05, 0) is 45.4 Å². The Balaban J connectivity index is 1.89. The van der Waals surface area contributed by atoms with Crippen LogP contribution in [0, 0.1) is 11.8 Å². The molecular weight excluding hydrogens is 362 g/mol. The Kier molecular flexibility index (Phi) is 6.96. The van der Waals surface area contributed by atoms with E-state index in [0.29, 0.717) is 30.6 Å². The third-order valence-corrected chi connectivity index (χ3v) is 4.94. The number of likely N-dealkylation sites (tertiary alicyclic amines) is 1. The Morgan fingerprint density at radius 3 is 2.46 bits per heavy atom. The van der Waals surface area contributed by atoms with Crippen molar-refractivity contribution in [3.63, 3.8) is 0 Å². The number of aliphatic carboxylic acids is 1. The largest absolute Gasteiger partial charge is 0.481 e. The van der Waals surface area contributed by atoms with Gasteiger partial charge in [0.1, 0.15) is 11.5 Å². The molecule has 2 heterocycles. The zero-order valence-electron chi connectivity index (χ0n) is 17.8. The van der Waals surface area contributed by atoms with E-state index < -0.39 is 17.5 Å². The number of carboxylic acid groups (broad SMARTS) is 1. The summed E-state index contributed by atoms with van der Waals surface area (Å²) in [7, 11) is 1.92. The zero-order valence-corrected chi connectivity index (χ0v) is 17.8. The van der Waals surface area contributed by atoms with Crippen LogP contribution in [0.2, 0.25) is 0 Å². The smallest absolute Gasteiger partial charge is 0.410 e. The Bertz CT molecular complexity index is 672. The molecular formula is C20H33N3O5. The minimum atomic E-state index is -0.908. The van der Waals surface area contributed by atoms with Crippen LogP contribution in [0.3, 0.4) is 0 Å². The van der Waals surface area contributed by atoms with Gasteiger partial charge in [0.25, 0.3) is 0 Å². The summed E-state index contributed by atoms with van der Waals surface area (Å²) < 4.78 is 10.7. The number of carbonyl (C=O) groups is 2. The molecule has 1 N–H and O–H groups in total. The molecule has 1 aliphatic heterocycles. The Morgan fingerprint density at radius 2 is 1.96 bits per heavy atom. The molecule has 0 aromatic carbocycles. The van der Waals surface area contributed by atoms with Crippen LogP contribution in [0.25, 0.3) is 0 Å². The number of piperidine rings is 1. The van der Waals surface area contributed by atoms with E-state index in [1.807, 2.05) is 46.6 Å². The predicted octanol–water partition coefficient (Wildman–Crippen LogP) is 3.58. The highest BCUT2D eigenvalue weighted by atomic mass is 16.6. The average Bonchev–Trinajstić information content (AvgIpc) is 3.02. The van der Waals surface area contributed by atoms with Gasteiger partial charge in [-0.25, -0.2) is 4.79 Å².